The zero-order chi connectivity index (χ0) is 16.2. The number of para-hydroxylation sites is 1. The average Bonchev–Trinajstić information content (AvgIpc) is 3.10. The maximum atomic E-state index is 12.4. The number of nitrogens with two attached hydrogens (primary N) is 1. The molecule has 118 valence electrons. The lowest BCUT2D eigenvalue weighted by molar-refractivity contribution is -0.117. The van der Waals surface area contributed by atoms with Crippen molar-refractivity contribution in [2.75, 3.05) is 11.9 Å². The van der Waals surface area contributed by atoms with E-state index in [0.717, 1.165) is 30.5 Å². The predicted octanol–water partition coefficient (Wildman–Crippen LogP) is 2.14. The summed E-state index contributed by atoms with van der Waals surface area (Å²) in [5.41, 5.74) is 8.09. The minimum Gasteiger partial charge on any atom is -0.366 e. The Labute approximate surface area is 134 Å². The first kappa shape index (κ1) is 15.2. The molecule has 0 radical (unpaired) electrons. The fourth-order valence-electron chi connectivity index (χ4n) is 2.89. The first-order valence-electron chi connectivity index (χ1n) is 7.69. The molecule has 2 amide bonds. The number of benzene rings is 2. The maximum Gasteiger partial charge on any atom is 0.249 e. The first-order valence-corrected chi connectivity index (χ1v) is 7.69. The van der Waals surface area contributed by atoms with Crippen molar-refractivity contribution in [3.8, 4) is 11.1 Å². The van der Waals surface area contributed by atoms with Crippen molar-refractivity contribution in [2.24, 2.45) is 5.73 Å². The van der Waals surface area contributed by atoms with Gasteiger partial charge in [0.2, 0.25) is 11.8 Å². The molecule has 1 unspecified atom stereocenters. The molecule has 1 aliphatic rings. The summed E-state index contributed by atoms with van der Waals surface area (Å²) in [4.78, 5) is 24.0. The van der Waals surface area contributed by atoms with E-state index in [2.05, 4.69) is 10.6 Å². The highest BCUT2D eigenvalue weighted by Crippen LogP contribution is 2.30. The van der Waals surface area contributed by atoms with Gasteiger partial charge in [0.1, 0.15) is 0 Å². The third-order valence-corrected chi connectivity index (χ3v) is 4.04. The summed E-state index contributed by atoms with van der Waals surface area (Å²) in [5, 5.41) is 6.14. The van der Waals surface area contributed by atoms with Crippen LogP contribution in [0.2, 0.25) is 0 Å². The first-order chi connectivity index (χ1) is 11.2. The molecule has 1 saturated heterocycles. The van der Waals surface area contributed by atoms with Gasteiger partial charge in [0.15, 0.2) is 0 Å². The van der Waals surface area contributed by atoms with Crippen molar-refractivity contribution in [1.29, 1.82) is 0 Å². The minimum absolute atomic E-state index is 0.0495. The van der Waals surface area contributed by atoms with Crippen LogP contribution in [0.4, 0.5) is 5.69 Å². The minimum atomic E-state index is -0.487. The lowest BCUT2D eigenvalue weighted by atomic mass is 9.97. The van der Waals surface area contributed by atoms with Crippen LogP contribution in [0.1, 0.15) is 23.2 Å². The van der Waals surface area contributed by atoms with Crippen molar-refractivity contribution in [3.05, 3.63) is 54.1 Å². The van der Waals surface area contributed by atoms with Gasteiger partial charge < -0.3 is 16.4 Å². The van der Waals surface area contributed by atoms with Gasteiger partial charge in [-0.1, -0.05) is 36.4 Å². The number of carbonyl (C=O) groups excluding carboxylic acids is 2. The molecule has 2 aromatic rings. The van der Waals surface area contributed by atoms with Crippen LogP contribution in [0.5, 0.6) is 0 Å². The molecule has 0 aromatic heterocycles. The molecule has 2 aromatic carbocycles. The molecule has 3 rings (SSSR count). The van der Waals surface area contributed by atoms with E-state index >= 15 is 0 Å². The van der Waals surface area contributed by atoms with Gasteiger partial charge >= 0.3 is 0 Å². The summed E-state index contributed by atoms with van der Waals surface area (Å²) >= 11 is 0. The van der Waals surface area contributed by atoms with Gasteiger partial charge in [0.25, 0.3) is 0 Å². The van der Waals surface area contributed by atoms with E-state index in [0.29, 0.717) is 11.3 Å². The number of anilines is 1. The smallest absolute Gasteiger partial charge is 0.249 e. The second-order valence-electron chi connectivity index (χ2n) is 5.59. The lowest BCUT2D eigenvalue weighted by Crippen LogP contribution is -2.35. The number of carbonyl (C=O) groups is 2. The molecule has 0 spiro atoms. The molecule has 0 saturated carbocycles. The molecule has 5 nitrogen and oxygen atoms in total. The van der Waals surface area contributed by atoms with E-state index in [1.807, 2.05) is 36.4 Å². The summed E-state index contributed by atoms with van der Waals surface area (Å²) in [5.74, 6) is -0.536. The Balaban J connectivity index is 1.95. The molecule has 5 heteroatoms. The quantitative estimate of drug-likeness (QED) is 0.809. The van der Waals surface area contributed by atoms with Crippen molar-refractivity contribution in [1.82, 2.24) is 5.32 Å². The Hall–Kier alpha value is -2.66. The van der Waals surface area contributed by atoms with Crippen LogP contribution >= 0.6 is 0 Å². The number of primary amides is 1. The van der Waals surface area contributed by atoms with Crippen LogP contribution < -0.4 is 16.4 Å². The molecule has 1 heterocycles. The van der Waals surface area contributed by atoms with Crippen LogP contribution in [0, 0.1) is 0 Å². The van der Waals surface area contributed by atoms with Crippen LogP contribution in [0.15, 0.2) is 48.5 Å². The number of nitrogens with one attached hydrogen (secondary N) is 2. The van der Waals surface area contributed by atoms with E-state index in [9.17, 15) is 9.59 Å². The van der Waals surface area contributed by atoms with E-state index in [1.165, 1.54) is 0 Å². The van der Waals surface area contributed by atoms with E-state index in [1.54, 1.807) is 12.1 Å². The normalized spacial score (nSPS) is 17.0. The summed E-state index contributed by atoms with van der Waals surface area (Å²) in [6.45, 7) is 0.865. The third-order valence-electron chi connectivity index (χ3n) is 4.04. The summed E-state index contributed by atoms with van der Waals surface area (Å²) in [6.07, 6.45) is 1.84. The van der Waals surface area contributed by atoms with Gasteiger partial charge in [-0.15, -0.1) is 0 Å². The molecular weight excluding hydrogens is 290 g/mol. The molecule has 0 bridgehead atoms. The number of rotatable bonds is 4. The third kappa shape index (κ3) is 3.24. The van der Waals surface area contributed by atoms with Crippen molar-refractivity contribution >= 4 is 17.5 Å². The van der Waals surface area contributed by atoms with Crippen LogP contribution in [-0.4, -0.2) is 24.4 Å². The lowest BCUT2D eigenvalue weighted by Gasteiger charge is -2.16. The molecule has 4 N–H and O–H groups in total. The van der Waals surface area contributed by atoms with Gasteiger partial charge in [0.05, 0.1) is 6.04 Å². The van der Waals surface area contributed by atoms with Crippen molar-refractivity contribution < 1.29 is 9.59 Å². The molecular formula is C18H19N3O2. The molecule has 1 aliphatic heterocycles. The predicted molar refractivity (Wildman–Crippen MR) is 90.1 cm³/mol. The van der Waals surface area contributed by atoms with Crippen molar-refractivity contribution in [3.63, 3.8) is 0 Å². The number of hydrogen-bond donors (Lipinski definition) is 3. The SMILES string of the molecule is NC(=O)c1ccccc1-c1ccccc1NC(=O)C1CCCN1. The van der Waals surface area contributed by atoms with Gasteiger partial charge in [-0.2, -0.15) is 0 Å². The van der Waals surface area contributed by atoms with Crippen LogP contribution in [-0.2, 0) is 4.79 Å². The maximum absolute atomic E-state index is 12.4. The van der Waals surface area contributed by atoms with Crippen LogP contribution in [0.25, 0.3) is 11.1 Å². The molecule has 1 atom stereocenters. The van der Waals surface area contributed by atoms with Gasteiger partial charge in [-0.05, 0) is 37.1 Å². The summed E-state index contributed by atoms with van der Waals surface area (Å²) in [7, 11) is 0. The summed E-state index contributed by atoms with van der Waals surface area (Å²) < 4.78 is 0. The average molecular weight is 309 g/mol. The van der Waals surface area contributed by atoms with Gasteiger partial charge in [0, 0.05) is 16.8 Å². The van der Waals surface area contributed by atoms with Gasteiger partial charge in [-0.25, -0.2) is 0 Å². The zero-order valence-corrected chi connectivity index (χ0v) is 12.7. The number of amides is 2. The van der Waals surface area contributed by atoms with Gasteiger partial charge in [-0.3, -0.25) is 9.59 Å². The highest BCUT2D eigenvalue weighted by molar-refractivity contribution is 6.04. The largest absolute Gasteiger partial charge is 0.366 e. The van der Waals surface area contributed by atoms with E-state index < -0.39 is 5.91 Å². The monoisotopic (exact) mass is 309 g/mol. The van der Waals surface area contributed by atoms with Crippen LogP contribution in [0.3, 0.4) is 0 Å². The molecule has 23 heavy (non-hydrogen) atoms. The summed E-state index contributed by atoms with van der Waals surface area (Å²) in [6, 6.07) is 14.4. The Morgan fingerprint density at radius 1 is 1.04 bits per heavy atom. The van der Waals surface area contributed by atoms with E-state index in [4.69, 9.17) is 5.73 Å². The highest BCUT2D eigenvalue weighted by Gasteiger charge is 2.23. The number of hydrogen-bond acceptors (Lipinski definition) is 3. The van der Waals surface area contributed by atoms with Crippen molar-refractivity contribution in [2.45, 2.75) is 18.9 Å². The topological polar surface area (TPSA) is 84.2 Å². The second-order valence-corrected chi connectivity index (χ2v) is 5.59. The second kappa shape index (κ2) is 6.62. The standard InChI is InChI=1S/C18H19N3O2/c19-17(22)14-8-2-1-6-12(14)13-7-3-4-9-15(13)21-18(23)16-10-5-11-20-16/h1-4,6-9,16,20H,5,10-11H2,(H2,19,22)(H,21,23). The Morgan fingerprint density at radius 2 is 1.74 bits per heavy atom. The zero-order valence-electron chi connectivity index (χ0n) is 12.7. The highest BCUT2D eigenvalue weighted by atomic mass is 16.2. The Morgan fingerprint density at radius 3 is 2.43 bits per heavy atom. The molecule has 1 fully saturated rings. The Bertz CT molecular complexity index is 737. The fourth-order valence-corrected chi connectivity index (χ4v) is 2.89. The Kier molecular flexibility index (Phi) is 4.39. The molecule has 0 aliphatic carbocycles. The van der Waals surface area contributed by atoms with E-state index in [-0.39, 0.29) is 11.9 Å². The fraction of sp³-hybridized carbons (Fsp3) is 0.222.